The first-order valence-electron chi connectivity index (χ1n) is 11.9. The molecule has 2 aliphatic rings. The molecule has 1 aromatic rings. The number of carboxylic acids is 1. The average molecular weight is 537 g/mol. The highest BCUT2D eigenvalue weighted by Crippen LogP contribution is 2.21. The van der Waals surface area contributed by atoms with Gasteiger partial charge in [0.25, 0.3) is 0 Å². The molecule has 2 fully saturated rings. The van der Waals surface area contributed by atoms with E-state index >= 15 is 0 Å². The summed E-state index contributed by atoms with van der Waals surface area (Å²) in [5, 5.41) is 10.3. The molecule has 204 valence electrons. The first kappa shape index (κ1) is 30.0. The lowest BCUT2D eigenvalue weighted by atomic mass is 10.0. The van der Waals surface area contributed by atoms with Crippen molar-refractivity contribution in [2.75, 3.05) is 58.9 Å². The van der Waals surface area contributed by atoms with E-state index in [9.17, 15) is 26.4 Å². The molecule has 13 heteroatoms. The van der Waals surface area contributed by atoms with Crippen molar-refractivity contribution < 1.29 is 36.3 Å². The fraction of sp³-hybridized carbons (Fsp3) is 0.652. The summed E-state index contributed by atoms with van der Waals surface area (Å²) in [6.07, 6.45) is -2.77. The third kappa shape index (κ3) is 9.02. The van der Waals surface area contributed by atoms with E-state index in [-0.39, 0.29) is 17.3 Å². The Bertz CT molecular complexity index is 959. The molecule has 3 rings (SSSR count). The summed E-state index contributed by atoms with van der Waals surface area (Å²) in [4.78, 5) is 26.0. The van der Waals surface area contributed by atoms with Crippen LogP contribution < -0.4 is 5.32 Å². The SMILES string of the molecule is CC(C)c1ccc(S(=O)(=O)N(CCN2CCCC2)CC(=O)N2CCNCC2)cc1.O=C(O)C(F)(F)F. The van der Waals surface area contributed by atoms with Gasteiger partial charge in [-0.2, -0.15) is 17.5 Å². The summed E-state index contributed by atoms with van der Waals surface area (Å²) in [5.74, 6) is -2.53. The second kappa shape index (κ2) is 13.4. The van der Waals surface area contributed by atoms with E-state index < -0.39 is 22.2 Å². The number of likely N-dealkylation sites (tertiary alicyclic amines) is 1. The smallest absolute Gasteiger partial charge is 0.475 e. The maximum atomic E-state index is 13.4. The average Bonchev–Trinajstić information content (AvgIpc) is 3.35. The minimum atomic E-state index is -5.08. The molecule has 2 N–H and O–H groups in total. The molecule has 2 saturated heterocycles. The highest BCUT2D eigenvalue weighted by Gasteiger charge is 2.38. The van der Waals surface area contributed by atoms with Crippen LogP contribution in [0.25, 0.3) is 0 Å². The number of aliphatic carboxylic acids is 1. The lowest BCUT2D eigenvalue weighted by Crippen LogP contribution is -2.51. The Morgan fingerprint density at radius 3 is 2.06 bits per heavy atom. The number of rotatable bonds is 8. The predicted molar refractivity (Wildman–Crippen MR) is 128 cm³/mol. The summed E-state index contributed by atoms with van der Waals surface area (Å²) in [6.45, 7) is 9.84. The Morgan fingerprint density at radius 2 is 1.58 bits per heavy atom. The zero-order chi connectivity index (χ0) is 26.9. The Balaban J connectivity index is 0.000000572. The molecule has 0 saturated carbocycles. The Labute approximate surface area is 210 Å². The molecule has 2 aliphatic heterocycles. The van der Waals surface area contributed by atoms with Gasteiger partial charge in [0.15, 0.2) is 0 Å². The van der Waals surface area contributed by atoms with E-state index in [1.807, 2.05) is 12.1 Å². The lowest BCUT2D eigenvalue weighted by Gasteiger charge is -2.30. The van der Waals surface area contributed by atoms with Crippen molar-refractivity contribution in [2.24, 2.45) is 0 Å². The third-order valence-corrected chi connectivity index (χ3v) is 7.93. The molecule has 0 radical (unpaired) electrons. The summed E-state index contributed by atoms with van der Waals surface area (Å²) in [7, 11) is -3.73. The molecular formula is C23H35F3N4O5S. The van der Waals surface area contributed by atoms with Gasteiger partial charge in [0.1, 0.15) is 0 Å². The van der Waals surface area contributed by atoms with Gasteiger partial charge in [-0.3, -0.25) is 4.79 Å². The quantitative estimate of drug-likeness (QED) is 0.523. The van der Waals surface area contributed by atoms with Gasteiger partial charge in [-0.25, -0.2) is 13.2 Å². The summed E-state index contributed by atoms with van der Waals surface area (Å²) < 4.78 is 59.8. The minimum Gasteiger partial charge on any atom is -0.475 e. The van der Waals surface area contributed by atoms with Gasteiger partial charge >= 0.3 is 12.1 Å². The van der Waals surface area contributed by atoms with Crippen molar-refractivity contribution in [2.45, 2.75) is 43.7 Å². The molecule has 0 spiro atoms. The van der Waals surface area contributed by atoms with Crippen LogP contribution in [0.3, 0.4) is 0 Å². The number of nitrogens with zero attached hydrogens (tertiary/aromatic N) is 3. The van der Waals surface area contributed by atoms with Crippen LogP contribution in [0.15, 0.2) is 29.2 Å². The second-order valence-electron chi connectivity index (χ2n) is 9.04. The maximum absolute atomic E-state index is 13.4. The Kier molecular flexibility index (Phi) is 11.1. The number of carbonyl (C=O) groups excluding carboxylic acids is 1. The van der Waals surface area contributed by atoms with Gasteiger partial charge in [-0.15, -0.1) is 0 Å². The fourth-order valence-electron chi connectivity index (χ4n) is 3.88. The minimum absolute atomic E-state index is 0.0951. The molecule has 0 bridgehead atoms. The Hall–Kier alpha value is -2.22. The van der Waals surface area contributed by atoms with Gasteiger partial charge in [-0.1, -0.05) is 26.0 Å². The number of carboxylic acid groups (broad SMARTS) is 1. The van der Waals surface area contributed by atoms with Crippen molar-refractivity contribution in [3.8, 4) is 0 Å². The van der Waals surface area contributed by atoms with Gasteiger partial charge < -0.3 is 20.2 Å². The summed E-state index contributed by atoms with van der Waals surface area (Å²) in [5.41, 5.74) is 1.10. The first-order chi connectivity index (χ1) is 16.8. The van der Waals surface area contributed by atoms with Crippen LogP contribution in [0.1, 0.15) is 38.2 Å². The monoisotopic (exact) mass is 536 g/mol. The normalized spacial score (nSPS) is 17.2. The molecule has 1 aromatic carbocycles. The van der Waals surface area contributed by atoms with Crippen molar-refractivity contribution in [1.29, 1.82) is 0 Å². The number of carbonyl (C=O) groups is 2. The van der Waals surface area contributed by atoms with Crippen LogP contribution >= 0.6 is 0 Å². The van der Waals surface area contributed by atoms with Gasteiger partial charge in [-0.05, 0) is 49.5 Å². The van der Waals surface area contributed by atoms with Gasteiger partial charge in [0, 0.05) is 39.3 Å². The van der Waals surface area contributed by atoms with E-state index in [1.54, 1.807) is 17.0 Å². The number of nitrogens with one attached hydrogen (secondary N) is 1. The summed E-state index contributed by atoms with van der Waals surface area (Å²) >= 11 is 0. The number of alkyl halides is 3. The van der Waals surface area contributed by atoms with Crippen molar-refractivity contribution in [3.05, 3.63) is 29.8 Å². The van der Waals surface area contributed by atoms with Crippen LogP contribution in [0.5, 0.6) is 0 Å². The molecule has 0 atom stereocenters. The number of piperazine rings is 1. The predicted octanol–water partition coefficient (Wildman–Crippen LogP) is 1.96. The molecule has 36 heavy (non-hydrogen) atoms. The zero-order valence-corrected chi connectivity index (χ0v) is 21.4. The molecule has 1 amide bonds. The van der Waals surface area contributed by atoms with E-state index in [0.717, 1.165) is 44.6 Å². The number of halogens is 3. The topological polar surface area (TPSA) is 110 Å². The number of hydrogen-bond donors (Lipinski definition) is 2. The number of hydrogen-bond acceptors (Lipinski definition) is 6. The van der Waals surface area contributed by atoms with Crippen LogP contribution in [0, 0.1) is 0 Å². The molecular weight excluding hydrogens is 501 g/mol. The maximum Gasteiger partial charge on any atom is 0.490 e. The van der Waals surface area contributed by atoms with Crippen LogP contribution in [-0.4, -0.2) is 105 Å². The van der Waals surface area contributed by atoms with E-state index in [2.05, 4.69) is 24.1 Å². The van der Waals surface area contributed by atoms with Crippen molar-refractivity contribution in [3.63, 3.8) is 0 Å². The van der Waals surface area contributed by atoms with Crippen molar-refractivity contribution in [1.82, 2.24) is 19.4 Å². The highest BCUT2D eigenvalue weighted by molar-refractivity contribution is 7.89. The molecule has 0 aliphatic carbocycles. The molecule has 0 aromatic heterocycles. The van der Waals surface area contributed by atoms with Crippen molar-refractivity contribution >= 4 is 21.9 Å². The fourth-order valence-corrected chi connectivity index (χ4v) is 5.26. The first-order valence-corrected chi connectivity index (χ1v) is 13.4. The number of amides is 1. The third-order valence-electron chi connectivity index (χ3n) is 6.07. The highest BCUT2D eigenvalue weighted by atomic mass is 32.2. The largest absolute Gasteiger partial charge is 0.490 e. The molecule has 0 unspecified atom stereocenters. The lowest BCUT2D eigenvalue weighted by molar-refractivity contribution is -0.192. The summed E-state index contributed by atoms with van der Waals surface area (Å²) in [6, 6.07) is 7.08. The van der Waals surface area contributed by atoms with Crippen LogP contribution in [0.2, 0.25) is 0 Å². The van der Waals surface area contributed by atoms with E-state index in [0.29, 0.717) is 32.1 Å². The van der Waals surface area contributed by atoms with Gasteiger partial charge in [0.2, 0.25) is 15.9 Å². The van der Waals surface area contributed by atoms with Crippen LogP contribution in [0.4, 0.5) is 13.2 Å². The second-order valence-corrected chi connectivity index (χ2v) is 11.0. The number of benzene rings is 1. The molecule has 2 heterocycles. The number of sulfonamides is 1. The molecule has 9 nitrogen and oxygen atoms in total. The van der Waals surface area contributed by atoms with Crippen LogP contribution in [-0.2, 0) is 19.6 Å². The van der Waals surface area contributed by atoms with Gasteiger partial charge in [0.05, 0.1) is 11.4 Å². The zero-order valence-electron chi connectivity index (χ0n) is 20.6. The Morgan fingerprint density at radius 1 is 1.06 bits per heavy atom. The van der Waals surface area contributed by atoms with E-state index in [4.69, 9.17) is 9.90 Å². The van der Waals surface area contributed by atoms with E-state index in [1.165, 1.54) is 4.31 Å². The standard InChI is InChI=1S/C21H34N4O3S.C2HF3O2/c1-18(2)19-5-7-20(8-6-19)29(27,28)25(16-15-23-11-3-4-12-23)17-21(26)24-13-9-22-10-14-24;3-2(4,5)1(6)7/h5-8,18,22H,3-4,9-17H2,1-2H3;(H,6,7).